The van der Waals surface area contributed by atoms with Gasteiger partial charge in [-0.25, -0.2) is 0 Å². The highest BCUT2D eigenvalue weighted by Gasteiger charge is 2.25. The lowest BCUT2D eigenvalue weighted by Crippen LogP contribution is -1.94. The third kappa shape index (κ3) is 3.51. The molecule has 66 valence electrons. The maximum atomic E-state index is 2.28. The molecule has 0 aromatic rings. The van der Waals surface area contributed by atoms with Crippen molar-refractivity contribution >= 4 is 33.3 Å². The molecule has 1 fully saturated rings. The summed E-state index contributed by atoms with van der Waals surface area (Å²) in [6.07, 6.45) is 5.46. The summed E-state index contributed by atoms with van der Waals surface area (Å²) >= 11 is 2.19. The Morgan fingerprint density at radius 2 is 1.36 bits per heavy atom. The van der Waals surface area contributed by atoms with Crippen LogP contribution >= 0.6 is 33.3 Å². The number of rotatable bonds is 4. The fraction of sp³-hybridized carbons (Fsp3) is 1.00. The van der Waals surface area contributed by atoms with Gasteiger partial charge in [0.25, 0.3) is 0 Å². The maximum absolute atomic E-state index is 2.28. The van der Waals surface area contributed by atoms with E-state index >= 15 is 0 Å². The van der Waals surface area contributed by atoms with E-state index in [1.807, 2.05) is 0 Å². The van der Waals surface area contributed by atoms with Crippen molar-refractivity contribution in [2.24, 2.45) is 0 Å². The Morgan fingerprint density at radius 1 is 0.909 bits per heavy atom. The first kappa shape index (κ1) is 10.1. The fourth-order valence-electron chi connectivity index (χ4n) is 1.04. The number of hydrogen-bond acceptors (Lipinski definition) is 3. The molecule has 0 unspecified atom stereocenters. The van der Waals surface area contributed by atoms with Gasteiger partial charge >= 0.3 is 0 Å². The Labute approximate surface area is 82.1 Å². The van der Waals surface area contributed by atoms with E-state index in [0.29, 0.717) is 0 Å². The molecule has 1 rings (SSSR count). The predicted molar refractivity (Wildman–Crippen MR) is 60.2 cm³/mol. The van der Waals surface area contributed by atoms with Crippen LogP contribution in [-0.2, 0) is 0 Å². The van der Waals surface area contributed by atoms with E-state index in [1.54, 1.807) is 0 Å². The maximum Gasteiger partial charge on any atom is 0.0617 e. The van der Waals surface area contributed by atoms with E-state index in [1.165, 1.54) is 25.7 Å². The molecule has 11 heavy (non-hydrogen) atoms. The van der Waals surface area contributed by atoms with Crippen LogP contribution in [0.25, 0.3) is 0 Å². The molecule has 1 aliphatic heterocycles. The second-order valence-electron chi connectivity index (χ2n) is 2.76. The first-order chi connectivity index (χ1) is 5.36. The van der Waals surface area contributed by atoms with Crippen LogP contribution in [0.4, 0.5) is 0 Å². The SMILES string of the molecule is CCC[C@H]1SS[C@H](CCC)S1. The van der Waals surface area contributed by atoms with Crippen molar-refractivity contribution < 1.29 is 0 Å². The van der Waals surface area contributed by atoms with Crippen molar-refractivity contribution in [1.82, 2.24) is 0 Å². The van der Waals surface area contributed by atoms with Crippen LogP contribution in [0.2, 0.25) is 0 Å². The second-order valence-corrected chi connectivity index (χ2v) is 7.45. The lowest BCUT2D eigenvalue weighted by Gasteiger charge is -2.05. The first-order valence-corrected chi connectivity index (χ1v) is 7.56. The molecule has 0 amide bonds. The molecule has 0 radical (unpaired) electrons. The predicted octanol–water partition coefficient (Wildman–Crippen LogP) is 4.37. The summed E-state index contributed by atoms with van der Waals surface area (Å²) < 4.78 is 1.78. The van der Waals surface area contributed by atoms with E-state index in [0.717, 1.165) is 9.16 Å². The van der Waals surface area contributed by atoms with Crippen LogP contribution in [0.5, 0.6) is 0 Å². The normalized spacial score (nSPS) is 31.1. The van der Waals surface area contributed by atoms with Gasteiger partial charge < -0.3 is 0 Å². The van der Waals surface area contributed by atoms with Crippen molar-refractivity contribution in [3.05, 3.63) is 0 Å². The van der Waals surface area contributed by atoms with Gasteiger partial charge in [-0.05, 0) is 12.8 Å². The molecule has 1 saturated heterocycles. The van der Waals surface area contributed by atoms with Crippen molar-refractivity contribution in [3.63, 3.8) is 0 Å². The topological polar surface area (TPSA) is 0 Å². The van der Waals surface area contributed by atoms with Gasteiger partial charge in [0.2, 0.25) is 0 Å². The number of thioether (sulfide) groups is 1. The van der Waals surface area contributed by atoms with Crippen LogP contribution in [-0.4, -0.2) is 9.16 Å². The molecule has 3 heteroatoms. The second kappa shape index (κ2) is 5.65. The molecule has 1 aliphatic rings. The quantitative estimate of drug-likeness (QED) is 0.630. The summed E-state index contributed by atoms with van der Waals surface area (Å²) in [4.78, 5) is 0. The molecule has 0 aromatic carbocycles. The Morgan fingerprint density at radius 3 is 1.73 bits per heavy atom. The smallest absolute Gasteiger partial charge is 0.0617 e. The molecule has 0 aromatic heterocycles. The average Bonchev–Trinajstić information content (AvgIpc) is 2.38. The van der Waals surface area contributed by atoms with E-state index in [4.69, 9.17) is 0 Å². The van der Waals surface area contributed by atoms with Gasteiger partial charge in [0.15, 0.2) is 0 Å². The lowest BCUT2D eigenvalue weighted by atomic mass is 10.4. The fourth-order valence-corrected chi connectivity index (χ4v) is 7.37. The molecule has 0 saturated carbocycles. The van der Waals surface area contributed by atoms with Gasteiger partial charge in [-0.3, -0.25) is 0 Å². The van der Waals surface area contributed by atoms with Crippen LogP contribution < -0.4 is 0 Å². The highest BCUT2D eigenvalue weighted by atomic mass is 33.1. The largest absolute Gasteiger partial charge is 0.131 e. The number of hydrogen-bond donors (Lipinski definition) is 0. The van der Waals surface area contributed by atoms with Gasteiger partial charge in [0.05, 0.1) is 9.16 Å². The van der Waals surface area contributed by atoms with E-state index < -0.39 is 0 Å². The molecule has 0 bridgehead atoms. The van der Waals surface area contributed by atoms with Crippen LogP contribution in [0.15, 0.2) is 0 Å². The van der Waals surface area contributed by atoms with Gasteiger partial charge in [0.1, 0.15) is 0 Å². The third-order valence-corrected chi connectivity index (χ3v) is 7.41. The van der Waals surface area contributed by atoms with Gasteiger partial charge in [-0.2, -0.15) is 0 Å². The summed E-state index contributed by atoms with van der Waals surface area (Å²) in [6, 6.07) is 0. The van der Waals surface area contributed by atoms with Crippen molar-refractivity contribution in [2.75, 3.05) is 0 Å². The molecule has 0 nitrogen and oxygen atoms in total. The minimum absolute atomic E-state index is 0.890. The standard InChI is InChI=1S/C8H16S3/c1-3-5-7-9-8(6-4-2)11-10-7/h7-8H,3-6H2,1-2H3/t7-,8-/m1/s1. The zero-order chi connectivity index (χ0) is 8.10. The molecule has 0 aliphatic carbocycles. The highest BCUT2D eigenvalue weighted by Crippen LogP contribution is 2.53. The summed E-state index contributed by atoms with van der Waals surface area (Å²) in [7, 11) is 4.19. The third-order valence-electron chi connectivity index (χ3n) is 1.62. The Balaban J connectivity index is 2.12. The van der Waals surface area contributed by atoms with Crippen molar-refractivity contribution in [1.29, 1.82) is 0 Å². The van der Waals surface area contributed by atoms with Crippen LogP contribution in [0, 0.1) is 0 Å². The Kier molecular flexibility index (Phi) is 5.21. The zero-order valence-electron chi connectivity index (χ0n) is 7.21. The van der Waals surface area contributed by atoms with Crippen LogP contribution in [0.1, 0.15) is 39.5 Å². The molecule has 0 N–H and O–H groups in total. The summed E-state index contributed by atoms with van der Waals surface area (Å²) in [5.74, 6) is 0. The van der Waals surface area contributed by atoms with E-state index in [2.05, 4.69) is 47.2 Å². The van der Waals surface area contributed by atoms with Crippen molar-refractivity contribution in [3.8, 4) is 0 Å². The first-order valence-electron chi connectivity index (χ1n) is 4.34. The van der Waals surface area contributed by atoms with Gasteiger partial charge in [-0.15, -0.1) is 11.8 Å². The monoisotopic (exact) mass is 208 g/mol. The minimum Gasteiger partial charge on any atom is -0.131 e. The Hall–Kier alpha value is 1.05. The highest BCUT2D eigenvalue weighted by molar-refractivity contribution is 8.82. The van der Waals surface area contributed by atoms with E-state index in [-0.39, 0.29) is 0 Å². The Bertz CT molecular complexity index is 93.5. The average molecular weight is 208 g/mol. The van der Waals surface area contributed by atoms with Gasteiger partial charge in [-0.1, -0.05) is 48.3 Å². The van der Waals surface area contributed by atoms with Crippen molar-refractivity contribution in [2.45, 2.75) is 48.7 Å². The van der Waals surface area contributed by atoms with Crippen LogP contribution in [0.3, 0.4) is 0 Å². The molecule has 2 atom stereocenters. The van der Waals surface area contributed by atoms with E-state index in [9.17, 15) is 0 Å². The molecule has 1 heterocycles. The minimum atomic E-state index is 0.890. The molecule has 0 spiro atoms. The summed E-state index contributed by atoms with van der Waals surface area (Å²) in [6.45, 7) is 4.55. The molecular weight excluding hydrogens is 192 g/mol. The zero-order valence-corrected chi connectivity index (χ0v) is 9.66. The lowest BCUT2D eigenvalue weighted by molar-refractivity contribution is 0.855. The van der Waals surface area contributed by atoms with Gasteiger partial charge in [0, 0.05) is 0 Å². The summed E-state index contributed by atoms with van der Waals surface area (Å²) in [5, 5.41) is 0. The summed E-state index contributed by atoms with van der Waals surface area (Å²) in [5.41, 5.74) is 0. The molecular formula is C8H16S3.